The van der Waals surface area contributed by atoms with Gasteiger partial charge < -0.3 is 19.9 Å². The van der Waals surface area contributed by atoms with Gasteiger partial charge >= 0.3 is 12.0 Å². The van der Waals surface area contributed by atoms with Crippen LogP contribution in [0.4, 0.5) is 16.2 Å². The molecule has 0 aromatic heterocycles. The van der Waals surface area contributed by atoms with E-state index in [0.29, 0.717) is 30.4 Å². The third kappa shape index (κ3) is 3.79. The van der Waals surface area contributed by atoms with Crippen LogP contribution in [0.25, 0.3) is 0 Å². The molecule has 2 aromatic rings. The molecule has 0 atom stereocenters. The molecule has 0 radical (unpaired) electrons. The van der Waals surface area contributed by atoms with E-state index in [-0.39, 0.29) is 6.03 Å². The minimum Gasteiger partial charge on any atom is -0.465 e. The van der Waals surface area contributed by atoms with Gasteiger partial charge in [0, 0.05) is 31.0 Å². The Bertz CT molecular complexity index is 773. The van der Waals surface area contributed by atoms with E-state index in [0.717, 1.165) is 6.54 Å². The van der Waals surface area contributed by atoms with Gasteiger partial charge in [0.15, 0.2) is 0 Å². The summed E-state index contributed by atoms with van der Waals surface area (Å²) in [5, 5.41) is 2.84. The molecule has 1 fully saturated rings. The molecule has 1 heterocycles. The number of nitrogens with zero attached hydrogens (tertiary/aromatic N) is 2. The van der Waals surface area contributed by atoms with Crippen LogP contribution in [-0.2, 0) is 4.74 Å². The van der Waals surface area contributed by atoms with Gasteiger partial charge in [-0.25, -0.2) is 9.59 Å². The zero-order valence-electron chi connectivity index (χ0n) is 15.0. The third-order valence-electron chi connectivity index (χ3n) is 4.55. The smallest absolute Gasteiger partial charge is 0.337 e. The van der Waals surface area contributed by atoms with E-state index in [1.54, 1.807) is 29.2 Å². The second-order valence-corrected chi connectivity index (χ2v) is 6.18. The zero-order chi connectivity index (χ0) is 18.5. The van der Waals surface area contributed by atoms with Crippen LogP contribution in [0.5, 0.6) is 0 Å². The highest BCUT2D eigenvalue weighted by Gasteiger charge is 2.34. The molecule has 2 aromatic carbocycles. The lowest BCUT2D eigenvalue weighted by Crippen LogP contribution is -2.62. The van der Waals surface area contributed by atoms with Gasteiger partial charge in [-0.2, -0.15) is 0 Å². The van der Waals surface area contributed by atoms with Gasteiger partial charge in [0.1, 0.15) is 0 Å². The van der Waals surface area contributed by atoms with Crippen molar-refractivity contribution in [3.63, 3.8) is 0 Å². The molecule has 1 aliphatic heterocycles. The van der Waals surface area contributed by atoms with Crippen molar-refractivity contribution in [1.82, 2.24) is 4.90 Å². The van der Waals surface area contributed by atoms with Gasteiger partial charge in [-0.15, -0.1) is 0 Å². The fourth-order valence-corrected chi connectivity index (χ4v) is 3.13. The van der Waals surface area contributed by atoms with E-state index >= 15 is 0 Å². The molecule has 1 saturated heterocycles. The normalized spacial score (nSPS) is 13.7. The second kappa shape index (κ2) is 7.91. The SMILES string of the molecule is CCN(c1ccccc1)C1CN(C(=O)Nc2cccc(C(=O)OC)c2)C1. The molecule has 0 saturated carbocycles. The number of nitrogens with one attached hydrogen (secondary N) is 1. The highest BCUT2D eigenvalue weighted by Crippen LogP contribution is 2.23. The number of hydrogen-bond donors (Lipinski definition) is 1. The van der Waals surface area contributed by atoms with Crippen molar-refractivity contribution in [3.8, 4) is 0 Å². The Morgan fingerprint density at radius 2 is 1.88 bits per heavy atom. The molecular formula is C20H23N3O3. The molecule has 6 nitrogen and oxygen atoms in total. The average Bonchev–Trinajstić information content (AvgIpc) is 2.64. The summed E-state index contributed by atoms with van der Waals surface area (Å²) in [5.74, 6) is -0.424. The number of ether oxygens (including phenoxy) is 1. The molecule has 0 spiro atoms. The van der Waals surface area contributed by atoms with Crippen LogP contribution in [-0.4, -0.2) is 49.7 Å². The topological polar surface area (TPSA) is 61.9 Å². The van der Waals surface area contributed by atoms with Crippen molar-refractivity contribution in [2.24, 2.45) is 0 Å². The van der Waals surface area contributed by atoms with Crippen molar-refractivity contribution in [3.05, 3.63) is 60.2 Å². The van der Waals surface area contributed by atoms with Crippen molar-refractivity contribution in [2.45, 2.75) is 13.0 Å². The Labute approximate surface area is 153 Å². The van der Waals surface area contributed by atoms with Crippen LogP contribution in [0.1, 0.15) is 17.3 Å². The molecule has 0 aliphatic carbocycles. The van der Waals surface area contributed by atoms with Gasteiger partial charge in [-0.1, -0.05) is 24.3 Å². The maximum Gasteiger partial charge on any atom is 0.337 e. The maximum absolute atomic E-state index is 12.4. The summed E-state index contributed by atoms with van der Waals surface area (Å²) in [4.78, 5) is 28.1. The maximum atomic E-state index is 12.4. The molecule has 1 N–H and O–H groups in total. The summed E-state index contributed by atoms with van der Waals surface area (Å²) in [6.45, 7) is 4.36. The molecule has 6 heteroatoms. The number of carbonyl (C=O) groups is 2. The first-order valence-electron chi connectivity index (χ1n) is 8.68. The van der Waals surface area contributed by atoms with Gasteiger partial charge in [-0.05, 0) is 37.3 Å². The first-order valence-corrected chi connectivity index (χ1v) is 8.68. The number of carbonyl (C=O) groups excluding carboxylic acids is 2. The molecule has 0 unspecified atom stereocenters. The van der Waals surface area contributed by atoms with Gasteiger partial charge in [0.25, 0.3) is 0 Å². The van der Waals surface area contributed by atoms with Crippen molar-refractivity contribution in [1.29, 1.82) is 0 Å². The monoisotopic (exact) mass is 353 g/mol. The first kappa shape index (κ1) is 17.8. The summed E-state index contributed by atoms with van der Waals surface area (Å²) in [6.07, 6.45) is 0. The lowest BCUT2D eigenvalue weighted by Gasteiger charge is -2.46. The number of urea groups is 1. The first-order chi connectivity index (χ1) is 12.6. The van der Waals surface area contributed by atoms with Crippen molar-refractivity contribution >= 4 is 23.4 Å². The third-order valence-corrected chi connectivity index (χ3v) is 4.55. The molecule has 2 amide bonds. The standard InChI is InChI=1S/C20H23N3O3/c1-3-23(17-10-5-4-6-11-17)18-13-22(14-18)20(25)21-16-9-7-8-15(12-16)19(24)26-2/h4-12,18H,3,13-14H2,1-2H3,(H,21,25). The lowest BCUT2D eigenvalue weighted by atomic mass is 10.1. The highest BCUT2D eigenvalue weighted by molar-refractivity contribution is 5.94. The number of likely N-dealkylation sites (tertiary alicyclic amines) is 1. The van der Waals surface area contributed by atoms with Crippen LogP contribution in [0.15, 0.2) is 54.6 Å². The minimum absolute atomic E-state index is 0.160. The number of hydrogen-bond acceptors (Lipinski definition) is 4. The fraction of sp³-hybridized carbons (Fsp3) is 0.300. The fourth-order valence-electron chi connectivity index (χ4n) is 3.13. The summed E-state index contributed by atoms with van der Waals surface area (Å²) >= 11 is 0. The van der Waals surface area contributed by atoms with Crippen LogP contribution < -0.4 is 10.2 Å². The summed E-state index contributed by atoms with van der Waals surface area (Å²) < 4.78 is 4.70. The lowest BCUT2D eigenvalue weighted by molar-refractivity contribution is 0.0600. The Morgan fingerprint density at radius 1 is 1.15 bits per heavy atom. The number of esters is 1. The van der Waals surface area contributed by atoms with Gasteiger partial charge in [0.2, 0.25) is 0 Å². The Morgan fingerprint density at radius 3 is 2.54 bits per heavy atom. The Kier molecular flexibility index (Phi) is 5.41. The molecule has 26 heavy (non-hydrogen) atoms. The van der Waals surface area contributed by atoms with Crippen LogP contribution in [0.3, 0.4) is 0 Å². The second-order valence-electron chi connectivity index (χ2n) is 6.18. The number of likely N-dealkylation sites (N-methyl/N-ethyl adjacent to an activating group) is 1. The van der Waals surface area contributed by atoms with Crippen molar-refractivity contribution in [2.75, 3.05) is 37.0 Å². The predicted molar refractivity (Wildman–Crippen MR) is 102 cm³/mol. The Hall–Kier alpha value is -3.02. The zero-order valence-corrected chi connectivity index (χ0v) is 15.0. The number of anilines is 2. The van der Waals surface area contributed by atoms with E-state index < -0.39 is 5.97 Å². The molecule has 0 bridgehead atoms. The molecule has 3 rings (SSSR count). The predicted octanol–water partition coefficient (Wildman–Crippen LogP) is 3.22. The number of benzene rings is 2. The quantitative estimate of drug-likeness (QED) is 0.839. The molecular weight excluding hydrogens is 330 g/mol. The summed E-state index contributed by atoms with van der Waals surface area (Å²) in [5.41, 5.74) is 2.16. The minimum atomic E-state index is -0.424. The van der Waals surface area contributed by atoms with Crippen molar-refractivity contribution < 1.29 is 14.3 Å². The van der Waals surface area contributed by atoms with E-state index in [2.05, 4.69) is 29.3 Å². The van der Waals surface area contributed by atoms with Crippen LogP contribution in [0, 0.1) is 0 Å². The summed E-state index contributed by atoms with van der Waals surface area (Å²) in [7, 11) is 1.33. The Balaban J connectivity index is 1.57. The van der Waals surface area contributed by atoms with Crippen LogP contribution in [0.2, 0.25) is 0 Å². The number of methoxy groups -OCH3 is 1. The van der Waals surface area contributed by atoms with E-state index in [9.17, 15) is 9.59 Å². The molecule has 136 valence electrons. The average molecular weight is 353 g/mol. The number of rotatable bonds is 5. The van der Waals surface area contributed by atoms with Gasteiger partial charge in [-0.3, -0.25) is 0 Å². The molecule has 1 aliphatic rings. The van der Waals surface area contributed by atoms with Gasteiger partial charge in [0.05, 0.1) is 18.7 Å². The van der Waals surface area contributed by atoms with E-state index in [1.807, 2.05) is 18.2 Å². The van der Waals surface area contributed by atoms with E-state index in [4.69, 9.17) is 4.74 Å². The number of para-hydroxylation sites is 1. The summed E-state index contributed by atoms with van der Waals surface area (Å²) in [6, 6.07) is 17.1. The van der Waals surface area contributed by atoms with E-state index in [1.165, 1.54) is 12.8 Å². The highest BCUT2D eigenvalue weighted by atomic mass is 16.5. The number of amides is 2. The van der Waals surface area contributed by atoms with Crippen LogP contribution >= 0.6 is 0 Å². The largest absolute Gasteiger partial charge is 0.465 e.